The van der Waals surface area contributed by atoms with Crippen LogP contribution in [0.5, 0.6) is 11.5 Å². The highest BCUT2D eigenvalue weighted by Crippen LogP contribution is 2.32. The second-order valence-electron chi connectivity index (χ2n) is 27.7. The molecule has 0 spiro atoms. The summed E-state index contributed by atoms with van der Waals surface area (Å²) in [6.07, 6.45) is 19.2. The lowest BCUT2D eigenvalue weighted by molar-refractivity contribution is -0.159. The number of nitrogens with zero attached hydrogens (tertiary/aromatic N) is 4. The van der Waals surface area contributed by atoms with Gasteiger partial charge in [-0.05, 0) is 122 Å². The maximum absolute atomic E-state index is 13.8. The van der Waals surface area contributed by atoms with E-state index in [2.05, 4.69) is 91.3 Å². The molecule has 0 unspecified atom stereocenters. The van der Waals surface area contributed by atoms with E-state index in [1.165, 1.54) is 81.0 Å². The molecule has 4 heterocycles. The van der Waals surface area contributed by atoms with Crippen molar-refractivity contribution >= 4 is 58.1 Å². The Morgan fingerprint density at radius 1 is 0.449 bits per heavy atom. The van der Waals surface area contributed by atoms with E-state index in [1.54, 1.807) is 57.7 Å². The van der Waals surface area contributed by atoms with Gasteiger partial charge in [0.1, 0.15) is 41.0 Å². The molecule has 4 aromatic carbocycles. The number of hydrogen-bond donors (Lipinski definition) is 4. The SMILES string of the molecule is CCCCCCCOc1ccc(-c2cnc(-c3ccc(C[C@H](NC(=O)c4ccc(C(C)(C)C)s4)C(=O)N[C@@H](CC(C)=O)C(=O)OC(C)(C)C)cc3)nc2)cc1.CCCCCCCOc1ccc(-c2cnc(-c3ccc(C[C@H](NC(=O)c4ccc(C(C)(C)C)s4)C(=O)O)cc3)nc2)cc1. The van der Waals surface area contributed by atoms with Gasteiger partial charge in [-0.2, -0.15) is 0 Å². The number of benzene rings is 4. The second kappa shape index (κ2) is 36.6. The minimum Gasteiger partial charge on any atom is -0.494 e. The van der Waals surface area contributed by atoms with Crippen molar-refractivity contribution in [3.8, 4) is 56.5 Å². The summed E-state index contributed by atoms with van der Waals surface area (Å²) in [5.74, 6) is -0.662. The summed E-state index contributed by atoms with van der Waals surface area (Å²) in [6.45, 7) is 24.8. The van der Waals surface area contributed by atoms with E-state index < -0.39 is 47.5 Å². The van der Waals surface area contributed by atoms with Crippen LogP contribution in [-0.2, 0) is 47.6 Å². The number of ether oxygens (including phenoxy) is 3. The third-order valence-electron chi connectivity index (χ3n) is 15.9. The molecule has 19 heteroatoms. The van der Waals surface area contributed by atoms with E-state index in [4.69, 9.17) is 14.2 Å². The van der Waals surface area contributed by atoms with Crippen molar-refractivity contribution in [3.05, 3.63) is 177 Å². The molecule has 8 aromatic rings. The first-order valence-electron chi connectivity index (χ1n) is 34.0. The fourth-order valence-corrected chi connectivity index (χ4v) is 12.2. The van der Waals surface area contributed by atoms with Crippen LogP contribution >= 0.6 is 22.7 Å². The summed E-state index contributed by atoms with van der Waals surface area (Å²) in [6, 6.07) is 34.8. The summed E-state index contributed by atoms with van der Waals surface area (Å²) < 4.78 is 17.3. The maximum Gasteiger partial charge on any atom is 0.329 e. The third-order valence-corrected chi connectivity index (χ3v) is 18.9. The lowest BCUT2D eigenvalue weighted by Crippen LogP contribution is -2.53. The van der Waals surface area contributed by atoms with Gasteiger partial charge in [-0.1, -0.05) is 180 Å². The minimum absolute atomic E-state index is 0.0745. The van der Waals surface area contributed by atoms with E-state index in [-0.39, 0.29) is 41.8 Å². The molecule has 0 radical (unpaired) electrons. The molecule has 0 aliphatic heterocycles. The average Bonchev–Trinajstić information content (AvgIpc) is 1.29. The van der Waals surface area contributed by atoms with Gasteiger partial charge in [-0.25, -0.2) is 29.5 Å². The highest BCUT2D eigenvalue weighted by molar-refractivity contribution is 7.14. The van der Waals surface area contributed by atoms with Crippen LogP contribution < -0.4 is 25.4 Å². The number of carbonyl (C=O) groups is 6. The van der Waals surface area contributed by atoms with Gasteiger partial charge >= 0.3 is 11.9 Å². The summed E-state index contributed by atoms with van der Waals surface area (Å²) in [7, 11) is 0. The molecule has 3 atom stereocenters. The van der Waals surface area contributed by atoms with Crippen LogP contribution in [0.1, 0.15) is 194 Å². The Balaban J connectivity index is 0.000000284. The molecule has 17 nitrogen and oxygen atoms in total. The van der Waals surface area contributed by atoms with Crippen molar-refractivity contribution in [2.45, 2.75) is 201 Å². The molecule has 3 amide bonds. The van der Waals surface area contributed by atoms with Crippen molar-refractivity contribution in [3.63, 3.8) is 0 Å². The fraction of sp³-hybridized carbons (Fsp3) is 0.418. The second-order valence-corrected chi connectivity index (χ2v) is 29.9. The summed E-state index contributed by atoms with van der Waals surface area (Å²) in [5, 5.41) is 18.0. The zero-order chi connectivity index (χ0) is 71.0. The molecule has 8 rings (SSSR count). The van der Waals surface area contributed by atoms with Gasteiger partial charge in [0.2, 0.25) is 5.91 Å². The number of hydrogen-bond acceptors (Lipinski definition) is 15. The average molecular weight is 1370 g/mol. The number of ketones is 1. The molecule has 0 saturated heterocycles. The van der Waals surface area contributed by atoms with E-state index in [0.29, 0.717) is 28.0 Å². The molecule has 0 aliphatic rings. The van der Waals surface area contributed by atoms with Crippen molar-refractivity contribution < 1.29 is 48.1 Å². The van der Waals surface area contributed by atoms with E-state index in [1.807, 2.05) is 109 Å². The number of esters is 1. The van der Waals surface area contributed by atoms with Gasteiger partial charge in [0.25, 0.3) is 11.8 Å². The van der Waals surface area contributed by atoms with Gasteiger partial charge in [0.15, 0.2) is 11.6 Å². The highest BCUT2D eigenvalue weighted by atomic mass is 32.1. The first-order chi connectivity index (χ1) is 46.7. The number of amides is 3. The molecule has 520 valence electrons. The summed E-state index contributed by atoms with van der Waals surface area (Å²) in [4.78, 5) is 98.5. The zero-order valence-electron chi connectivity index (χ0n) is 58.9. The Morgan fingerprint density at radius 2 is 0.827 bits per heavy atom. The first kappa shape index (κ1) is 76.4. The molecule has 0 fully saturated rings. The quantitative estimate of drug-likeness (QED) is 0.0227. The number of aliphatic carboxylic acids is 1. The zero-order valence-corrected chi connectivity index (χ0v) is 60.6. The van der Waals surface area contributed by atoms with E-state index in [9.17, 15) is 33.9 Å². The van der Waals surface area contributed by atoms with E-state index >= 15 is 0 Å². The summed E-state index contributed by atoms with van der Waals surface area (Å²) in [5.41, 5.74) is 5.89. The Labute approximate surface area is 586 Å². The Kier molecular flexibility index (Phi) is 28.5. The Morgan fingerprint density at radius 3 is 1.18 bits per heavy atom. The highest BCUT2D eigenvalue weighted by Gasteiger charge is 2.32. The van der Waals surface area contributed by atoms with Crippen molar-refractivity contribution in [1.82, 2.24) is 35.9 Å². The van der Waals surface area contributed by atoms with Crippen LogP contribution in [0.15, 0.2) is 146 Å². The maximum atomic E-state index is 13.8. The van der Waals surface area contributed by atoms with Gasteiger partial charge < -0.3 is 35.3 Å². The number of carboxylic acid groups (broad SMARTS) is 1. The summed E-state index contributed by atoms with van der Waals surface area (Å²) >= 11 is 2.75. The van der Waals surface area contributed by atoms with Gasteiger partial charge in [0, 0.05) is 76.1 Å². The van der Waals surface area contributed by atoms with Gasteiger partial charge in [0.05, 0.1) is 23.0 Å². The van der Waals surface area contributed by atoms with Gasteiger partial charge in [-0.15, -0.1) is 22.7 Å². The standard InChI is InChI=1S/C44H56N4O6S.C35H41N3O4S/c1-9-10-11-12-13-24-53-34-20-18-31(19-21-34)33-27-45-39(46-28-33)32-16-14-30(15-17-32)26-35(47-41(51)37-22-23-38(55-37)43(3,4)5)40(50)48-36(25-29(2)49)42(52)54-44(6,7)8;1-5-6-7-8-9-20-42-28-16-14-25(15-17-28)27-22-36-32(37-23-27)26-12-10-24(11-13-26)21-29(34(40)41)38-33(39)30-18-19-31(43-30)35(2,3)4/h14-23,27-28,35-36H,9-13,24-26H2,1-8H3,(H,47,51)(H,48,50);10-19,22-23,29H,5-9,20-21H2,1-4H3,(H,38,39)(H,40,41)/t35-,36-;29-/m00/s1. The number of unbranched alkanes of at least 4 members (excludes halogenated alkanes) is 8. The van der Waals surface area contributed by atoms with E-state index in [0.717, 1.165) is 85.2 Å². The Hall–Kier alpha value is -8.94. The smallest absolute Gasteiger partial charge is 0.329 e. The molecule has 98 heavy (non-hydrogen) atoms. The topological polar surface area (TPSA) is 238 Å². The number of carboxylic acids is 1. The van der Waals surface area contributed by atoms with Crippen LogP contribution in [0.4, 0.5) is 0 Å². The Bertz CT molecular complexity index is 3850. The number of thiophene rings is 2. The normalized spacial score (nSPS) is 12.4. The third kappa shape index (κ3) is 24.6. The van der Waals surface area contributed by atoms with Crippen molar-refractivity contribution in [2.75, 3.05) is 13.2 Å². The van der Waals surface area contributed by atoms with Crippen LogP contribution in [0.25, 0.3) is 45.0 Å². The van der Waals surface area contributed by atoms with Crippen LogP contribution in [0, 0.1) is 0 Å². The van der Waals surface area contributed by atoms with Crippen molar-refractivity contribution in [2.24, 2.45) is 0 Å². The van der Waals surface area contributed by atoms with Crippen LogP contribution in [0.2, 0.25) is 0 Å². The van der Waals surface area contributed by atoms with Crippen LogP contribution in [0.3, 0.4) is 0 Å². The fourth-order valence-electron chi connectivity index (χ4n) is 10.3. The molecular formula is C79H97N7O10S2. The number of carbonyl (C=O) groups excluding carboxylic acids is 5. The molecule has 4 N–H and O–H groups in total. The lowest BCUT2D eigenvalue weighted by atomic mass is 9.95. The minimum atomic E-state index is -1.21. The number of Topliss-reactive ketones (excluding diaryl/α,β-unsaturated/α-hetero) is 1. The number of rotatable bonds is 32. The predicted octanol–water partition coefficient (Wildman–Crippen LogP) is 16.6. The molecular weight excluding hydrogens is 1270 g/mol. The lowest BCUT2D eigenvalue weighted by Gasteiger charge is -2.26. The largest absolute Gasteiger partial charge is 0.494 e. The number of nitrogens with one attached hydrogen (secondary N) is 3. The monoisotopic (exact) mass is 1370 g/mol. The van der Waals surface area contributed by atoms with Gasteiger partial charge in [-0.3, -0.25) is 19.2 Å². The first-order valence-corrected chi connectivity index (χ1v) is 35.7. The molecule has 4 aromatic heterocycles. The number of aromatic nitrogens is 4. The predicted molar refractivity (Wildman–Crippen MR) is 391 cm³/mol. The van der Waals surface area contributed by atoms with Crippen molar-refractivity contribution in [1.29, 1.82) is 0 Å². The molecule has 0 aliphatic carbocycles. The van der Waals surface area contributed by atoms with Crippen LogP contribution in [-0.4, -0.2) is 97.4 Å². The molecule has 0 bridgehead atoms. The molecule has 0 saturated carbocycles.